The molecule has 0 aromatic heterocycles. The average molecular weight is 367 g/mol. The summed E-state index contributed by atoms with van der Waals surface area (Å²) in [5.41, 5.74) is 0. The Bertz CT molecular complexity index is 424. The van der Waals surface area contributed by atoms with Gasteiger partial charge in [-0.05, 0) is 6.92 Å². The highest BCUT2D eigenvalue weighted by atomic mass is 19.4. The van der Waals surface area contributed by atoms with Gasteiger partial charge < -0.3 is 20.3 Å². The van der Waals surface area contributed by atoms with E-state index >= 15 is 0 Å². The monoisotopic (exact) mass is 367 g/mol. The highest BCUT2D eigenvalue weighted by Gasteiger charge is 2.27. The number of alkyl halides is 3. The van der Waals surface area contributed by atoms with Gasteiger partial charge >= 0.3 is 6.18 Å². The molecule has 1 amide bonds. The van der Waals surface area contributed by atoms with E-state index in [0.29, 0.717) is 58.4 Å². The molecule has 0 unspecified atom stereocenters. The van der Waals surface area contributed by atoms with Gasteiger partial charge in [0.25, 0.3) is 0 Å². The van der Waals surface area contributed by atoms with Gasteiger partial charge in [0.15, 0.2) is 5.96 Å². The van der Waals surface area contributed by atoms with E-state index in [1.54, 1.807) is 7.11 Å². The maximum absolute atomic E-state index is 12.3. The standard InChI is InChI=1S/C15H28F3N5O2/c1-3-19-14(21-5-4-15(16,17)18)23-9-7-22(8-10-23)12-13(24)20-6-11-25-2/h3-12H2,1-2H3,(H,19,21)(H,20,24). The summed E-state index contributed by atoms with van der Waals surface area (Å²) in [5, 5.41) is 5.79. The molecule has 0 aromatic rings. The summed E-state index contributed by atoms with van der Waals surface area (Å²) < 4.78 is 41.7. The Hall–Kier alpha value is -1.55. The number of ether oxygens (including phenoxy) is 1. The molecule has 25 heavy (non-hydrogen) atoms. The molecule has 146 valence electrons. The first-order valence-electron chi connectivity index (χ1n) is 8.43. The van der Waals surface area contributed by atoms with Crippen LogP contribution in [-0.2, 0) is 9.53 Å². The highest BCUT2D eigenvalue weighted by Crippen LogP contribution is 2.19. The predicted molar refractivity (Wildman–Crippen MR) is 89.5 cm³/mol. The first kappa shape index (κ1) is 21.5. The zero-order valence-corrected chi connectivity index (χ0v) is 14.9. The minimum absolute atomic E-state index is 0.0590. The molecule has 0 spiro atoms. The van der Waals surface area contributed by atoms with Gasteiger partial charge in [-0.25, -0.2) is 0 Å². The second kappa shape index (κ2) is 11.1. The Kier molecular flexibility index (Phi) is 9.58. The van der Waals surface area contributed by atoms with Crippen LogP contribution in [-0.4, -0.2) is 93.9 Å². The molecule has 1 fully saturated rings. The summed E-state index contributed by atoms with van der Waals surface area (Å²) in [6.45, 7) is 5.97. The number of hydrogen-bond acceptors (Lipinski definition) is 4. The summed E-state index contributed by atoms with van der Waals surface area (Å²) in [5.74, 6) is 0.437. The van der Waals surface area contributed by atoms with Crippen LogP contribution < -0.4 is 10.6 Å². The van der Waals surface area contributed by atoms with Gasteiger partial charge in [-0.15, -0.1) is 0 Å². The smallest absolute Gasteiger partial charge is 0.383 e. The van der Waals surface area contributed by atoms with E-state index in [4.69, 9.17) is 4.74 Å². The maximum atomic E-state index is 12.3. The number of piperazine rings is 1. The first-order chi connectivity index (χ1) is 11.9. The van der Waals surface area contributed by atoms with Crippen LogP contribution in [0.3, 0.4) is 0 Å². The first-order valence-corrected chi connectivity index (χ1v) is 8.43. The Morgan fingerprint density at radius 3 is 2.44 bits per heavy atom. The number of nitrogens with zero attached hydrogens (tertiary/aromatic N) is 3. The number of amides is 1. The molecule has 7 nitrogen and oxygen atoms in total. The minimum Gasteiger partial charge on any atom is -0.383 e. The Morgan fingerprint density at radius 2 is 1.88 bits per heavy atom. The topological polar surface area (TPSA) is 69.2 Å². The Morgan fingerprint density at radius 1 is 1.20 bits per heavy atom. The second-order valence-electron chi connectivity index (χ2n) is 5.71. The fraction of sp³-hybridized carbons (Fsp3) is 0.867. The molecule has 0 aliphatic carbocycles. The van der Waals surface area contributed by atoms with Crippen molar-refractivity contribution in [3.05, 3.63) is 0 Å². The van der Waals surface area contributed by atoms with Gasteiger partial charge in [-0.2, -0.15) is 13.2 Å². The van der Waals surface area contributed by atoms with Crippen molar-refractivity contribution in [1.29, 1.82) is 0 Å². The quantitative estimate of drug-likeness (QED) is 0.367. The predicted octanol–water partition coefficient (Wildman–Crippen LogP) is 0.285. The van der Waals surface area contributed by atoms with E-state index in [-0.39, 0.29) is 12.5 Å². The van der Waals surface area contributed by atoms with Crippen LogP contribution in [0.15, 0.2) is 4.99 Å². The summed E-state index contributed by atoms with van der Waals surface area (Å²) in [6.07, 6.45) is -5.13. The summed E-state index contributed by atoms with van der Waals surface area (Å²) in [4.78, 5) is 19.8. The van der Waals surface area contributed by atoms with Gasteiger partial charge in [-0.1, -0.05) is 0 Å². The SMILES string of the molecule is CCNC(=NCCC(F)(F)F)N1CCN(CC(=O)NCCOC)CC1. The van der Waals surface area contributed by atoms with Crippen LogP contribution in [0.1, 0.15) is 13.3 Å². The van der Waals surface area contributed by atoms with Gasteiger partial charge in [-0.3, -0.25) is 14.7 Å². The molecular formula is C15H28F3N5O2. The lowest BCUT2D eigenvalue weighted by Crippen LogP contribution is -2.54. The molecule has 1 rings (SSSR count). The molecule has 0 atom stereocenters. The normalized spacial score (nSPS) is 16.8. The number of rotatable bonds is 8. The molecular weight excluding hydrogens is 339 g/mol. The third-order valence-electron chi connectivity index (χ3n) is 3.66. The van der Waals surface area contributed by atoms with E-state index in [2.05, 4.69) is 15.6 Å². The number of carbonyl (C=O) groups is 1. The molecule has 0 radical (unpaired) electrons. The van der Waals surface area contributed by atoms with Gasteiger partial charge in [0.1, 0.15) is 0 Å². The fourth-order valence-corrected chi connectivity index (χ4v) is 2.38. The molecule has 0 bridgehead atoms. The second-order valence-corrected chi connectivity index (χ2v) is 5.71. The molecule has 1 aliphatic heterocycles. The van der Waals surface area contributed by atoms with Crippen molar-refractivity contribution in [3.8, 4) is 0 Å². The van der Waals surface area contributed by atoms with Gasteiger partial charge in [0, 0.05) is 46.4 Å². The average Bonchev–Trinajstić information content (AvgIpc) is 2.54. The van der Waals surface area contributed by atoms with Crippen LogP contribution >= 0.6 is 0 Å². The number of guanidine groups is 1. The van der Waals surface area contributed by atoms with Crippen LogP contribution in [0.4, 0.5) is 13.2 Å². The van der Waals surface area contributed by atoms with Crippen molar-refractivity contribution in [1.82, 2.24) is 20.4 Å². The largest absolute Gasteiger partial charge is 0.390 e. The zero-order valence-electron chi connectivity index (χ0n) is 14.9. The van der Waals surface area contributed by atoms with E-state index in [1.165, 1.54) is 0 Å². The lowest BCUT2D eigenvalue weighted by atomic mass is 10.3. The number of hydrogen-bond donors (Lipinski definition) is 2. The number of aliphatic imine (C=N–C) groups is 1. The molecule has 10 heteroatoms. The van der Waals surface area contributed by atoms with Crippen LogP contribution in [0.2, 0.25) is 0 Å². The summed E-state index contributed by atoms with van der Waals surface area (Å²) in [7, 11) is 1.57. The van der Waals surface area contributed by atoms with Crippen LogP contribution in [0.5, 0.6) is 0 Å². The van der Waals surface area contributed by atoms with Gasteiger partial charge in [0.2, 0.25) is 5.91 Å². The molecule has 1 saturated heterocycles. The van der Waals surface area contributed by atoms with Crippen LogP contribution in [0.25, 0.3) is 0 Å². The zero-order chi connectivity index (χ0) is 18.7. The van der Waals surface area contributed by atoms with Crippen molar-refractivity contribution in [2.45, 2.75) is 19.5 Å². The Balaban J connectivity index is 2.40. The molecule has 2 N–H and O–H groups in total. The van der Waals surface area contributed by atoms with E-state index < -0.39 is 12.6 Å². The van der Waals surface area contributed by atoms with E-state index in [9.17, 15) is 18.0 Å². The lowest BCUT2D eigenvalue weighted by Gasteiger charge is -2.36. The summed E-state index contributed by atoms with van der Waals surface area (Å²) >= 11 is 0. The van der Waals surface area contributed by atoms with Crippen molar-refractivity contribution in [2.75, 3.05) is 66.1 Å². The number of halogens is 3. The van der Waals surface area contributed by atoms with Crippen molar-refractivity contribution in [3.63, 3.8) is 0 Å². The Labute approximate surface area is 146 Å². The van der Waals surface area contributed by atoms with Crippen molar-refractivity contribution < 1.29 is 22.7 Å². The highest BCUT2D eigenvalue weighted by molar-refractivity contribution is 5.80. The van der Waals surface area contributed by atoms with E-state index in [0.717, 1.165) is 0 Å². The lowest BCUT2D eigenvalue weighted by molar-refractivity contribution is -0.132. The number of nitrogens with one attached hydrogen (secondary N) is 2. The van der Waals surface area contributed by atoms with Crippen molar-refractivity contribution in [2.24, 2.45) is 4.99 Å². The molecule has 1 aliphatic rings. The number of methoxy groups -OCH3 is 1. The van der Waals surface area contributed by atoms with Crippen LogP contribution in [0, 0.1) is 0 Å². The van der Waals surface area contributed by atoms with Gasteiger partial charge in [0.05, 0.1) is 26.1 Å². The number of carbonyl (C=O) groups excluding carboxylic acids is 1. The van der Waals surface area contributed by atoms with E-state index in [1.807, 2.05) is 16.7 Å². The molecule has 1 heterocycles. The fourth-order valence-electron chi connectivity index (χ4n) is 2.38. The van der Waals surface area contributed by atoms with Crippen molar-refractivity contribution >= 4 is 11.9 Å². The third kappa shape index (κ3) is 9.49. The molecule has 0 saturated carbocycles. The summed E-state index contributed by atoms with van der Waals surface area (Å²) in [6, 6.07) is 0. The molecule has 0 aromatic carbocycles. The minimum atomic E-state index is -4.20. The third-order valence-corrected chi connectivity index (χ3v) is 3.66. The maximum Gasteiger partial charge on any atom is 0.390 e.